The number of rotatable bonds is 1. The molecule has 0 amide bonds. The van der Waals surface area contributed by atoms with Crippen LogP contribution >= 0.6 is 15.9 Å². The third kappa shape index (κ3) is 2.69. The van der Waals surface area contributed by atoms with Crippen molar-refractivity contribution in [2.45, 2.75) is 19.5 Å². The molecule has 1 rings (SSSR count). The smallest absolute Gasteiger partial charge is 0.246 e. The molecule has 1 heterocycles. The van der Waals surface area contributed by atoms with Crippen LogP contribution in [0.5, 0.6) is 0 Å². The van der Waals surface area contributed by atoms with Crippen molar-refractivity contribution in [3.05, 3.63) is 28.0 Å². The van der Waals surface area contributed by atoms with Crippen molar-refractivity contribution in [3.8, 4) is 0 Å². The predicted octanol–water partition coefficient (Wildman–Crippen LogP) is 3.43. The number of hydrogen-bond acceptors (Lipinski definition) is 1. The summed E-state index contributed by atoms with van der Waals surface area (Å²) in [6.45, 7) is 1.76. The molecule has 0 saturated carbocycles. The molecule has 72 valence electrons. The molecule has 0 saturated heterocycles. The second-order valence-electron chi connectivity index (χ2n) is 2.52. The Balaban J connectivity index is 3.16. The quantitative estimate of drug-likeness (QED) is 0.699. The first kappa shape index (κ1) is 10.5. The second kappa shape index (κ2) is 3.65. The fourth-order valence-electron chi connectivity index (χ4n) is 0.896. The summed E-state index contributed by atoms with van der Waals surface area (Å²) in [5.74, 6) is 0. The summed E-state index contributed by atoms with van der Waals surface area (Å²) >= 11 is 2.94. The minimum atomic E-state index is -4.30. The first-order valence-electron chi connectivity index (χ1n) is 3.67. The minimum absolute atomic E-state index is 0.221. The molecule has 0 N–H and O–H groups in total. The molecule has 13 heavy (non-hydrogen) atoms. The van der Waals surface area contributed by atoms with E-state index in [1.165, 1.54) is 0 Å². The van der Waals surface area contributed by atoms with Crippen LogP contribution in [0.15, 0.2) is 16.7 Å². The van der Waals surface area contributed by atoms with Gasteiger partial charge in [0.1, 0.15) is 4.60 Å². The first-order chi connectivity index (χ1) is 5.93. The van der Waals surface area contributed by atoms with Gasteiger partial charge in [-0.1, -0.05) is 6.92 Å². The zero-order chi connectivity index (χ0) is 10.1. The van der Waals surface area contributed by atoms with Crippen LogP contribution in [0, 0.1) is 0 Å². The lowest BCUT2D eigenvalue weighted by Crippen LogP contribution is -2.06. The van der Waals surface area contributed by atoms with Crippen LogP contribution in [0.3, 0.4) is 0 Å². The molecule has 0 spiro atoms. The van der Waals surface area contributed by atoms with Crippen molar-refractivity contribution in [2.24, 2.45) is 0 Å². The summed E-state index contributed by atoms with van der Waals surface area (Å²) in [6.07, 6.45) is -3.81. The number of aryl methyl sites for hydroxylation is 1. The van der Waals surface area contributed by atoms with E-state index in [2.05, 4.69) is 20.9 Å². The maximum Gasteiger partial charge on any atom is 0.416 e. The van der Waals surface area contributed by atoms with Crippen molar-refractivity contribution in [3.63, 3.8) is 0 Å². The SMILES string of the molecule is CCc1cc(C(F)(F)F)cc(Br)n1. The molecule has 0 radical (unpaired) electrons. The number of halogens is 4. The Morgan fingerprint density at radius 2 is 2.00 bits per heavy atom. The van der Waals surface area contributed by atoms with E-state index in [1.54, 1.807) is 6.92 Å². The zero-order valence-corrected chi connectivity index (χ0v) is 8.41. The molecule has 0 bridgehead atoms. The molecule has 5 heteroatoms. The number of alkyl halides is 3. The predicted molar refractivity (Wildman–Crippen MR) is 46.3 cm³/mol. The van der Waals surface area contributed by atoms with Gasteiger partial charge in [0, 0.05) is 5.69 Å². The highest BCUT2D eigenvalue weighted by Gasteiger charge is 2.31. The van der Waals surface area contributed by atoms with Crippen molar-refractivity contribution in [2.75, 3.05) is 0 Å². The van der Waals surface area contributed by atoms with Gasteiger partial charge in [-0.2, -0.15) is 13.2 Å². The molecule has 1 aromatic heterocycles. The molecule has 1 nitrogen and oxygen atoms in total. The lowest BCUT2D eigenvalue weighted by molar-refractivity contribution is -0.137. The molecule has 0 aliphatic rings. The van der Waals surface area contributed by atoms with Gasteiger partial charge in [-0.05, 0) is 34.5 Å². The summed E-state index contributed by atoms with van der Waals surface area (Å²) in [4.78, 5) is 3.88. The molecule has 1 aromatic rings. The molecular weight excluding hydrogens is 247 g/mol. The topological polar surface area (TPSA) is 12.9 Å². The third-order valence-electron chi connectivity index (χ3n) is 1.54. The van der Waals surface area contributed by atoms with Crippen molar-refractivity contribution in [1.29, 1.82) is 0 Å². The molecule has 0 fully saturated rings. The second-order valence-corrected chi connectivity index (χ2v) is 3.33. The minimum Gasteiger partial charge on any atom is -0.246 e. The van der Waals surface area contributed by atoms with Gasteiger partial charge in [0.25, 0.3) is 0 Å². The summed E-state index contributed by atoms with van der Waals surface area (Å²) in [5.41, 5.74) is -0.229. The van der Waals surface area contributed by atoms with E-state index >= 15 is 0 Å². The molecule has 0 aliphatic carbocycles. The number of aromatic nitrogens is 1. The monoisotopic (exact) mass is 253 g/mol. The van der Waals surface area contributed by atoms with Crippen LogP contribution < -0.4 is 0 Å². The van der Waals surface area contributed by atoms with Crippen LogP contribution in [0.25, 0.3) is 0 Å². The molecule has 0 atom stereocenters. The zero-order valence-electron chi connectivity index (χ0n) is 6.82. The van der Waals surface area contributed by atoms with Crippen LogP contribution in [0.4, 0.5) is 13.2 Å². The molecule has 0 aliphatic heterocycles. The maximum atomic E-state index is 12.2. The van der Waals surface area contributed by atoms with Crippen molar-refractivity contribution < 1.29 is 13.2 Å². The van der Waals surface area contributed by atoms with Gasteiger partial charge in [-0.15, -0.1) is 0 Å². The van der Waals surface area contributed by atoms with E-state index in [9.17, 15) is 13.2 Å². The number of nitrogens with zero attached hydrogens (tertiary/aromatic N) is 1. The number of hydrogen-bond donors (Lipinski definition) is 0. The third-order valence-corrected chi connectivity index (χ3v) is 1.94. The van der Waals surface area contributed by atoms with E-state index in [-0.39, 0.29) is 4.60 Å². The van der Waals surface area contributed by atoms with Gasteiger partial charge in [-0.3, -0.25) is 0 Å². The summed E-state index contributed by atoms with van der Waals surface area (Å²) in [7, 11) is 0. The fourth-order valence-corrected chi connectivity index (χ4v) is 1.37. The van der Waals surface area contributed by atoms with Gasteiger partial charge in [-0.25, -0.2) is 4.98 Å². The highest BCUT2D eigenvalue weighted by atomic mass is 79.9. The van der Waals surface area contributed by atoms with E-state index in [1.807, 2.05) is 0 Å². The van der Waals surface area contributed by atoms with Gasteiger partial charge in [0.05, 0.1) is 5.56 Å². The van der Waals surface area contributed by atoms with Gasteiger partial charge >= 0.3 is 6.18 Å². The first-order valence-corrected chi connectivity index (χ1v) is 4.46. The summed E-state index contributed by atoms with van der Waals surface area (Å²) in [6, 6.07) is 2.03. The van der Waals surface area contributed by atoms with E-state index < -0.39 is 11.7 Å². The highest BCUT2D eigenvalue weighted by Crippen LogP contribution is 2.30. The molecule has 0 aromatic carbocycles. The fraction of sp³-hybridized carbons (Fsp3) is 0.375. The molecule has 0 unspecified atom stereocenters. The molecular formula is C8H7BrF3N. The number of pyridine rings is 1. The average molecular weight is 254 g/mol. The van der Waals surface area contributed by atoms with Crippen LogP contribution in [0.1, 0.15) is 18.2 Å². The Bertz CT molecular complexity index is 309. The van der Waals surface area contributed by atoms with E-state index in [4.69, 9.17) is 0 Å². The van der Waals surface area contributed by atoms with Crippen LogP contribution in [-0.2, 0) is 12.6 Å². The largest absolute Gasteiger partial charge is 0.416 e. The van der Waals surface area contributed by atoms with Gasteiger partial charge in [0.2, 0.25) is 0 Å². The lowest BCUT2D eigenvalue weighted by Gasteiger charge is -2.07. The summed E-state index contributed by atoms with van der Waals surface area (Å²) in [5, 5.41) is 0. The lowest BCUT2D eigenvalue weighted by atomic mass is 10.2. The van der Waals surface area contributed by atoms with Crippen LogP contribution in [0.2, 0.25) is 0 Å². The maximum absolute atomic E-state index is 12.2. The standard InChI is InChI=1S/C8H7BrF3N/c1-2-6-3-5(8(10,11)12)4-7(9)13-6/h3-4H,2H2,1H3. The Morgan fingerprint density at radius 3 is 2.46 bits per heavy atom. The Hall–Kier alpha value is -0.580. The normalized spacial score (nSPS) is 11.8. The average Bonchev–Trinajstić information content (AvgIpc) is 2.01. The highest BCUT2D eigenvalue weighted by molar-refractivity contribution is 9.10. The Morgan fingerprint density at radius 1 is 1.38 bits per heavy atom. The van der Waals surface area contributed by atoms with Gasteiger partial charge in [0.15, 0.2) is 0 Å². The Labute approximate surface area is 82.1 Å². The van der Waals surface area contributed by atoms with Crippen LogP contribution in [-0.4, -0.2) is 4.98 Å². The Kier molecular flexibility index (Phi) is 2.95. The van der Waals surface area contributed by atoms with Crippen molar-refractivity contribution in [1.82, 2.24) is 4.98 Å². The summed E-state index contributed by atoms with van der Waals surface area (Å²) < 4.78 is 36.9. The van der Waals surface area contributed by atoms with Crippen molar-refractivity contribution >= 4 is 15.9 Å². The van der Waals surface area contributed by atoms with E-state index in [0.29, 0.717) is 12.1 Å². The van der Waals surface area contributed by atoms with Gasteiger partial charge < -0.3 is 0 Å². The van der Waals surface area contributed by atoms with E-state index in [0.717, 1.165) is 12.1 Å².